The summed E-state index contributed by atoms with van der Waals surface area (Å²) in [4.78, 5) is 24.2. The van der Waals surface area contributed by atoms with Gasteiger partial charge in [0.05, 0.1) is 21.8 Å². The highest BCUT2D eigenvalue weighted by atomic mass is 35.5. The van der Waals surface area contributed by atoms with E-state index in [0.29, 0.717) is 26.4 Å². The quantitative estimate of drug-likeness (QED) is 0.181. The Morgan fingerprint density at radius 1 is 0.906 bits per heavy atom. The number of carbonyl (C=O) groups is 2. The van der Waals surface area contributed by atoms with E-state index in [9.17, 15) is 9.59 Å². The number of carbonyl (C=O) groups excluding carboxylic acids is 2. The SMILES string of the molecule is O=C(COc1ccc(Cl)cc1Cl)N/N=C/c1cccc(OC(=O)c2ccc(Cl)cc2Cl)c1. The van der Waals surface area contributed by atoms with Gasteiger partial charge >= 0.3 is 5.97 Å². The highest BCUT2D eigenvalue weighted by Crippen LogP contribution is 2.27. The average molecular weight is 512 g/mol. The molecule has 0 aliphatic carbocycles. The fourth-order valence-electron chi connectivity index (χ4n) is 2.42. The van der Waals surface area contributed by atoms with Crippen LogP contribution < -0.4 is 14.9 Å². The van der Waals surface area contributed by atoms with Gasteiger partial charge in [0.15, 0.2) is 6.61 Å². The summed E-state index contributed by atoms with van der Waals surface area (Å²) in [7, 11) is 0. The number of nitrogens with zero attached hydrogens (tertiary/aromatic N) is 1. The number of esters is 1. The standard InChI is InChI=1S/C22H14Cl4N2O4/c23-14-4-6-17(18(25)9-14)22(30)32-16-3-1-2-13(8-16)11-27-28-21(29)12-31-20-7-5-15(24)10-19(20)26/h1-11H,12H2,(H,28,29)/b27-11+. The molecule has 0 radical (unpaired) electrons. The monoisotopic (exact) mass is 510 g/mol. The first kappa shape index (κ1) is 23.9. The van der Waals surface area contributed by atoms with Gasteiger partial charge in [-0.15, -0.1) is 0 Å². The summed E-state index contributed by atoms with van der Waals surface area (Å²) in [5.74, 6) is -0.526. The maximum Gasteiger partial charge on any atom is 0.345 e. The van der Waals surface area contributed by atoms with E-state index in [-0.39, 0.29) is 22.9 Å². The molecule has 3 rings (SSSR count). The minimum Gasteiger partial charge on any atom is -0.482 e. The lowest BCUT2D eigenvalue weighted by Gasteiger charge is -2.07. The van der Waals surface area contributed by atoms with E-state index < -0.39 is 11.9 Å². The summed E-state index contributed by atoms with van der Waals surface area (Å²) in [6.45, 7) is -0.293. The number of rotatable bonds is 7. The molecule has 32 heavy (non-hydrogen) atoms. The van der Waals surface area contributed by atoms with Gasteiger partial charge < -0.3 is 9.47 Å². The summed E-state index contributed by atoms with van der Waals surface area (Å²) in [5.41, 5.74) is 3.10. The second kappa shape index (κ2) is 11.2. The fraction of sp³-hybridized carbons (Fsp3) is 0.0455. The lowest BCUT2D eigenvalue weighted by molar-refractivity contribution is -0.123. The van der Waals surface area contributed by atoms with E-state index >= 15 is 0 Å². The Kier molecular flexibility index (Phi) is 8.36. The lowest BCUT2D eigenvalue weighted by Crippen LogP contribution is -2.24. The lowest BCUT2D eigenvalue weighted by atomic mass is 10.2. The van der Waals surface area contributed by atoms with E-state index in [1.165, 1.54) is 24.4 Å². The smallest absolute Gasteiger partial charge is 0.345 e. The van der Waals surface area contributed by atoms with Crippen molar-refractivity contribution in [1.82, 2.24) is 5.43 Å². The molecular formula is C22H14Cl4N2O4. The Morgan fingerprint density at radius 3 is 2.34 bits per heavy atom. The molecular weight excluding hydrogens is 498 g/mol. The minimum absolute atomic E-state index is 0.184. The van der Waals surface area contributed by atoms with Crippen LogP contribution in [0.4, 0.5) is 0 Å². The average Bonchev–Trinajstić information content (AvgIpc) is 2.73. The van der Waals surface area contributed by atoms with E-state index in [1.807, 2.05) is 0 Å². The predicted octanol–water partition coefficient (Wildman–Crippen LogP) is 6.05. The van der Waals surface area contributed by atoms with E-state index in [1.54, 1.807) is 42.5 Å². The number of halogens is 4. The molecule has 1 N–H and O–H groups in total. The second-order valence-electron chi connectivity index (χ2n) is 6.24. The molecule has 0 saturated carbocycles. The fourth-order valence-corrected chi connectivity index (χ4v) is 3.37. The molecule has 164 valence electrons. The van der Waals surface area contributed by atoms with Crippen LogP contribution in [0.1, 0.15) is 15.9 Å². The summed E-state index contributed by atoms with van der Waals surface area (Å²) in [5, 5.41) is 5.20. The summed E-state index contributed by atoms with van der Waals surface area (Å²) < 4.78 is 10.7. The van der Waals surface area contributed by atoms with E-state index in [4.69, 9.17) is 55.9 Å². The van der Waals surface area contributed by atoms with Crippen molar-refractivity contribution in [2.45, 2.75) is 0 Å². The topological polar surface area (TPSA) is 77.0 Å². The molecule has 0 atom stereocenters. The van der Waals surface area contributed by atoms with Crippen molar-refractivity contribution in [3.05, 3.63) is 91.9 Å². The largest absolute Gasteiger partial charge is 0.482 e. The molecule has 0 heterocycles. The molecule has 1 amide bonds. The molecule has 0 unspecified atom stereocenters. The van der Waals surface area contributed by atoms with Gasteiger partial charge in [0.25, 0.3) is 5.91 Å². The van der Waals surface area contributed by atoms with Crippen LogP contribution in [0.15, 0.2) is 65.8 Å². The van der Waals surface area contributed by atoms with Crippen LogP contribution in [0, 0.1) is 0 Å². The maximum atomic E-state index is 12.3. The Morgan fingerprint density at radius 2 is 1.62 bits per heavy atom. The number of hydrogen-bond acceptors (Lipinski definition) is 5. The van der Waals surface area contributed by atoms with Gasteiger partial charge in [-0.3, -0.25) is 4.79 Å². The number of hydrazone groups is 1. The molecule has 3 aromatic carbocycles. The molecule has 0 aliphatic heterocycles. The maximum absolute atomic E-state index is 12.3. The molecule has 0 fully saturated rings. The number of nitrogens with one attached hydrogen (secondary N) is 1. The van der Waals surface area contributed by atoms with Crippen molar-refractivity contribution in [1.29, 1.82) is 0 Å². The van der Waals surface area contributed by atoms with Crippen LogP contribution in [0.3, 0.4) is 0 Å². The van der Waals surface area contributed by atoms with Gasteiger partial charge in [-0.05, 0) is 54.1 Å². The number of amides is 1. The molecule has 3 aromatic rings. The van der Waals surface area contributed by atoms with E-state index in [0.717, 1.165) is 0 Å². The molecule has 6 nitrogen and oxygen atoms in total. The number of benzene rings is 3. The van der Waals surface area contributed by atoms with Gasteiger partial charge in [-0.1, -0.05) is 58.5 Å². The third-order valence-corrected chi connectivity index (χ3v) is 4.95. The molecule has 10 heteroatoms. The number of hydrogen-bond donors (Lipinski definition) is 1. The zero-order chi connectivity index (χ0) is 23.1. The van der Waals surface area contributed by atoms with Crippen molar-refractivity contribution in [3.63, 3.8) is 0 Å². The summed E-state index contributed by atoms with van der Waals surface area (Å²) >= 11 is 23.7. The van der Waals surface area contributed by atoms with Crippen molar-refractivity contribution in [2.24, 2.45) is 5.10 Å². The Hall–Kier alpha value is -2.77. The summed E-state index contributed by atoms with van der Waals surface area (Å²) in [6.07, 6.45) is 1.39. The predicted molar refractivity (Wildman–Crippen MR) is 126 cm³/mol. The van der Waals surface area contributed by atoms with Gasteiger partial charge in [-0.2, -0.15) is 5.10 Å². The van der Waals surface area contributed by atoms with Crippen LogP contribution in [-0.2, 0) is 4.79 Å². The minimum atomic E-state index is -0.632. The third kappa shape index (κ3) is 6.87. The van der Waals surface area contributed by atoms with Crippen molar-refractivity contribution >= 4 is 64.5 Å². The first-order chi connectivity index (χ1) is 15.3. The van der Waals surface area contributed by atoms with Crippen molar-refractivity contribution < 1.29 is 19.1 Å². The second-order valence-corrected chi connectivity index (χ2v) is 7.93. The summed E-state index contributed by atoms with van der Waals surface area (Å²) in [6, 6.07) is 15.7. The van der Waals surface area contributed by atoms with Crippen LogP contribution in [-0.4, -0.2) is 24.7 Å². The number of ether oxygens (including phenoxy) is 2. The van der Waals surface area contributed by atoms with Gasteiger partial charge in [-0.25, -0.2) is 10.2 Å². The highest BCUT2D eigenvalue weighted by Gasteiger charge is 2.13. The first-order valence-corrected chi connectivity index (χ1v) is 10.5. The first-order valence-electron chi connectivity index (χ1n) is 8.99. The van der Waals surface area contributed by atoms with Crippen molar-refractivity contribution in [3.8, 4) is 11.5 Å². The highest BCUT2D eigenvalue weighted by molar-refractivity contribution is 6.36. The molecule has 0 saturated heterocycles. The van der Waals surface area contributed by atoms with Crippen LogP contribution >= 0.6 is 46.4 Å². The van der Waals surface area contributed by atoms with Gasteiger partial charge in [0.2, 0.25) is 0 Å². The molecule has 0 aromatic heterocycles. The Labute approximate surface area is 203 Å². The third-order valence-electron chi connectivity index (χ3n) is 3.88. The van der Waals surface area contributed by atoms with Gasteiger partial charge in [0, 0.05) is 10.0 Å². The van der Waals surface area contributed by atoms with Crippen LogP contribution in [0.2, 0.25) is 20.1 Å². The molecule has 0 aliphatic rings. The zero-order valence-corrected chi connectivity index (χ0v) is 19.2. The van der Waals surface area contributed by atoms with E-state index in [2.05, 4.69) is 10.5 Å². The molecule has 0 spiro atoms. The Bertz CT molecular complexity index is 1180. The van der Waals surface area contributed by atoms with Crippen LogP contribution in [0.25, 0.3) is 0 Å². The Balaban J connectivity index is 1.54. The van der Waals surface area contributed by atoms with Crippen LogP contribution in [0.5, 0.6) is 11.5 Å². The van der Waals surface area contributed by atoms with Crippen molar-refractivity contribution in [2.75, 3.05) is 6.61 Å². The zero-order valence-electron chi connectivity index (χ0n) is 16.2. The van der Waals surface area contributed by atoms with Gasteiger partial charge in [0.1, 0.15) is 11.5 Å². The molecule has 0 bridgehead atoms. The normalized spacial score (nSPS) is 10.8.